The Morgan fingerprint density at radius 2 is 0.682 bits per heavy atom. The van der Waals surface area contributed by atoms with Gasteiger partial charge in [0.15, 0.2) is 0 Å². The Kier molecular flexibility index (Phi) is 27.3. The Morgan fingerprint density at radius 1 is 0.379 bits per heavy atom. The van der Waals surface area contributed by atoms with E-state index < -0.39 is 5.43 Å². The van der Waals surface area contributed by atoms with Crippen LogP contribution in [0.25, 0.3) is 99.5 Å². The number of anilines is 3. The minimum absolute atomic E-state index is 0.0517. The van der Waals surface area contributed by atoms with Crippen molar-refractivity contribution in [1.29, 1.82) is 0 Å². The fourth-order valence-electron chi connectivity index (χ4n) is 19.3. The van der Waals surface area contributed by atoms with Gasteiger partial charge < -0.3 is 59.9 Å². The lowest BCUT2D eigenvalue weighted by Gasteiger charge is -2.33. The molecule has 0 bridgehead atoms. The van der Waals surface area contributed by atoms with Crippen molar-refractivity contribution in [3.63, 3.8) is 0 Å². The first kappa shape index (κ1) is 88.4. The van der Waals surface area contributed by atoms with E-state index in [9.17, 15) is 19.5 Å². The van der Waals surface area contributed by atoms with E-state index in [1.165, 1.54) is 77.5 Å². The van der Waals surface area contributed by atoms with Gasteiger partial charge in [-0.2, -0.15) is 0 Å². The number of carbonyl (C=O) groups excluding carboxylic acids is 3. The second-order valence-corrected chi connectivity index (χ2v) is 34.5. The molecule has 6 heterocycles. The molecule has 3 aromatic heterocycles. The normalized spacial score (nSPS) is 14.6. The van der Waals surface area contributed by atoms with Gasteiger partial charge in [-0.05, 0) is 226 Å². The van der Waals surface area contributed by atoms with Crippen molar-refractivity contribution in [2.45, 2.75) is 114 Å². The topological polar surface area (TPSA) is 250 Å². The fraction of sp³-hybridized carbons (Fsp3) is 0.264. The molecule has 2 amide bonds. The summed E-state index contributed by atoms with van der Waals surface area (Å²) in [5, 5.41) is 31.5. The number of aromatic nitrogens is 6. The molecule has 0 radical (unpaired) electrons. The number of nitrogens with zero attached hydrogens (tertiary/aromatic N) is 8. The van der Waals surface area contributed by atoms with Crippen LogP contribution < -0.4 is 30.7 Å². The molecule has 3 saturated heterocycles. The van der Waals surface area contributed by atoms with E-state index in [1.807, 2.05) is 102 Å². The number of fused-ring (bicyclic) bond motifs is 12. The van der Waals surface area contributed by atoms with Crippen molar-refractivity contribution >= 4 is 78.6 Å². The van der Waals surface area contributed by atoms with Crippen LogP contribution in [0.4, 0.5) is 31.4 Å². The number of methoxy groups -OCH3 is 2. The summed E-state index contributed by atoms with van der Waals surface area (Å²) in [7, 11) is 3.40. The minimum atomic E-state index is -0.753. The Morgan fingerprint density at radius 3 is 1.00 bits per heavy atom. The molecular formula is C110H107ClN12O9. The number of aromatic hydroxyl groups is 1. The smallest absolute Gasteiger partial charge is 0.409 e. The van der Waals surface area contributed by atoms with Crippen LogP contribution in [0, 0.1) is 0 Å². The third-order valence-corrected chi connectivity index (χ3v) is 26.2. The lowest BCUT2D eigenvalue weighted by Crippen LogP contribution is -2.43. The van der Waals surface area contributed by atoms with Crippen molar-refractivity contribution in [1.82, 2.24) is 45.0 Å². The van der Waals surface area contributed by atoms with Crippen molar-refractivity contribution in [3.05, 3.63) is 324 Å². The van der Waals surface area contributed by atoms with Crippen LogP contribution in [-0.2, 0) is 33.5 Å². The molecule has 21 nitrogen and oxygen atoms in total. The van der Waals surface area contributed by atoms with Gasteiger partial charge in [-0.1, -0.05) is 185 Å². The molecule has 0 atom stereocenters. The Bertz CT molecular complexity index is 6580. The summed E-state index contributed by atoms with van der Waals surface area (Å²) in [5.74, 6) is 4.61. The van der Waals surface area contributed by atoms with Crippen molar-refractivity contribution in [2.24, 2.45) is 0 Å². The van der Waals surface area contributed by atoms with Crippen molar-refractivity contribution < 1.29 is 43.2 Å². The SMILES string of the molecule is CCc1nccc(-c2cc(NC3CCN(C(=O)OCC4c5ccccc5-c5ccccc54)CC3)c3cc(O)ccc3c2)n1.CCc1nccc(-c2cc(NC3CCN(C(=O)OCC4c5ccccc5-c5ccccc54)CC3)c3cc(OC)ccc3c2)n1.CCc1nccc(-c2cc(NC3CCNCC3)c3cc(OC)ccc3c2)n1.O=C(Cl)OCC1c2ccccc2-c2ccccc21. The number of rotatable bonds is 20. The lowest BCUT2D eigenvalue weighted by atomic mass is 9.98. The summed E-state index contributed by atoms with van der Waals surface area (Å²) in [6.45, 7) is 11.8. The first-order chi connectivity index (χ1) is 64.7. The monoisotopic (exact) mass is 1770 g/mol. The summed E-state index contributed by atoms with van der Waals surface area (Å²) in [6.07, 6.45) is 12.9. The average Bonchev–Trinajstić information content (AvgIpc) is 1.60. The Balaban J connectivity index is 0.000000124. The second kappa shape index (κ2) is 40.8. The van der Waals surface area contributed by atoms with Gasteiger partial charge in [-0.15, -0.1) is 0 Å². The largest absolute Gasteiger partial charge is 0.508 e. The van der Waals surface area contributed by atoms with Gasteiger partial charge in [0.1, 0.15) is 54.5 Å². The van der Waals surface area contributed by atoms with Crippen molar-refractivity contribution in [2.75, 3.05) is 89.3 Å². The van der Waals surface area contributed by atoms with Gasteiger partial charge >= 0.3 is 17.6 Å². The third kappa shape index (κ3) is 19.7. The van der Waals surface area contributed by atoms with E-state index in [0.717, 1.165) is 172 Å². The van der Waals surface area contributed by atoms with Crippen LogP contribution in [0.5, 0.6) is 17.2 Å². The number of nitrogens with one attached hydrogen (secondary N) is 4. The number of hydrogen-bond donors (Lipinski definition) is 5. The molecule has 132 heavy (non-hydrogen) atoms. The Labute approximate surface area is 774 Å². The van der Waals surface area contributed by atoms with E-state index in [0.29, 0.717) is 45.4 Å². The maximum Gasteiger partial charge on any atom is 0.409 e. The highest BCUT2D eigenvalue weighted by Gasteiger charge is 2.35. The molecule has 3 fully saturated rings. The summed E-state index contributed by atoms with van der Waals surface area (Å²) in [4.78, 5) is 68.1. The molecule has 12 aromatic carbocycles. The van der Waals surface area contributed by atoms with Crippen LogP contribution in [-0.4, -0.2) is 154 Å². The highest BCUT2D eigenvalue weighted by atomic mass is 35.5. The molecule has 21 rings (SSSR count). The number of ether oxygens (including phenoxy) is 5. The summed E-state index contributed by atoms with van der Waals surface area (Å²) in [5.41, 5.74) is 22.9. The standard InChI is InChI=1S/C37H36N4O3.C36H34N4O3.C22H26N4O.C15H11ClO2/c1-3-36-38-17-14-34(40-36)25-20-24-12-13-27(43-2)22-32(24)35(21-25)39-26-15-18-41(19-16-26)37(42)44-23-33-30-10-6-4-8-28(30)29-9-5-7-11-31(29)33;1-2-35-37-16-13-33(39-35)24-19-23-11-12-26(41)21-31(23)34(20-24)38-25-14-17-40(18-15-25)36(42)43-22-32-29-9-5-3-7-27(29)28-8-4-6-10-30(28)32;1-3-22-24-11-8-20(26-22)16-12-15-4-5-18(27-2)14-19(15)21(13-16)25-17-6-9-23-10-7-17;16-15(17)18-9-14-12-7-3-1-5-10(12)11-6-2-4-8-13(11)14/h4-14,17,20-22,26,33,39H,3,15-16,18-19,23H2,1-2H3;3-13,16,19-21,25,32,38,41H,2,14-15,17-18,22H2,1H3;4-5,8,11-14,17,23,25H,3,6-7,9-10H2,1-2H3;1-8,14H,9H2. The lowest BCUT2D eigenvalue weighted by molar-refractivity contribution is 0.0908. The molecule has 668 valence electrons. The van der Waals surface area contributed by atoms with Gasteiger partial charge in [0.2, 0.25) is 0 Å². The number of halogens is 1. The first-order valence-corrected chi connectivity index (χ1v) is 46.3. The Hall–Kier alpha value is -14.3. The minimum Gasteiger partial charge on any atom is -0.508 e. The number of phenolic OH excluding ortho intramolecular Hbond substituents is 1. The number of aryl methyl sites for hydroxylation is 3. The number of likely N-dealkylation sites (tertiary alicyclic amines) is 2. The van der Waals surface area contributed by atoms with Crippen LogP contribution in [0.3, 0.4) is 0 Å². The number of hydrogen-bond acceptors (Lipinski definition) is 19. The molecule has 0 unspecified atom stereocenters. The van der Waals surface area contributed by atoms with E-state index in [1.54, 1.807) is 32.5 Å². The molecular weight excluding hydrogens is 1670 g/mol. The quantitative estimate of drug-likeness (QED) is 0.0351. The van der Waals surface area contributed by atoms with E-state index in [2.05, 4.69) is 220 Å². The molecule has 15 aromatic rings. The van der Waals surface area contributed by atoms with Crippen molar-refractivity contribution in [3.8, 4) is 84.4 Å². The van der Waals surface area contributed by atoms with Gasteiger partial charge in [-0.3, -0.25) is 0 Å². The van der Waals surface area contributed by atoms with Crippen LogP contribution in [0.15, 0.2) is 273 Å². The maximum atomic E-state index is 13.2. The second-order valence-electron chi connectivity index (χ2n) is 34.1. The maximum absolute atomic E-state index is 13.2. The average molecular weight is 1780 g/mol. The summed E-state index contributed by atoms with van der Waals surface area (Å²) >= 11 is 5.25. The molecule has 3 aliphatic carbocycles. The van der Waals surface area contributed by atoms with Gasteiger partial charge in [0, 0.05) is 161 Å². The van der Waals surface area contributed by atoms with Gasteiger partial charge in [-0.25, -0.2) is 44.3 Å². The zero-order valence-electron chi connectivity index (χ0n) is 74.8. The zero-order chi connectivity index (χ0) is 90.6. The molecule has 0 spiro atoms. The molecule has 3 aliphatic heterocycles. The van der Waals surface area contributed by atoms with E-state index >= 15 is 0 Å². The molecule has 6 aliphatic rings. The first-order valence-electron chi connectivity index (χ1n) is 45.9. The van der Waals surface area contributed by atoms with Crippen LogP contribution >= 0.6 is 11.6 Å². The number of benzene rings is 12. The van der Waals surface area contributed by atoms with Crippen LogP contribution in [0.2, 0.25) is 0 Å². The molecule has 0 saturated carbocycles. The third-order valence-electron chi connectivity index (χ3n) is 26.1. The fourth-order valence-corrected chi connectivity index (χ4v) is 19.3. The highest BCUT2D eigenvalue weighted by molar-refractivity contribution is 6.61. The predicted octanol–water partition coefficient (Wildman–Crippen LogP) is 23.3. The highest BCUT2D eigenvalue weighted by Crippen LogP contribution is 2.49. The number of carbonyl (C=O) groups is 3. The molecule has 22 heteroatoms. The van der Waals surface area contributed by atoms with E-state index in [-0.39, 0.29) is 54.4 Å². The van der Waals surface area contributed by atoms with Gasteiger partial charge in [0.05, 0.1) is 31.3 Å². The van der Waals surface area contributed by atoms with Crippen LogP contribution in [0.1, 0.15) is 128 Å². The summed E-state index contributed by atoms with van der Waals surface area (Å²) in [6, 6.07) is 87.5. The summed E-state index contributed by atoms with van der Waals surface area (Å²) < 4.78 is 27.8. The van der Waals surface area contributed by atoms with Gasteiger partial charge in [0.25, 0.3) is 0 Å². The van der Waals surface area contributed by atoms with E-state index in [4.69, 9.17) is 50.2 Å². The molecule has 5 N–H and O–H groups in total. The predicted molar refractivity (Wildman–Crippen MR) is 525 cm³/mol. The zero-order valence-corrected chi connectivity index (χ0v) is 75.6. The number of amides is 2. The number of piperidine rings is 3. The number of phenols is 1.